The summed E-state index contributed by atoms with van der Waals surface area (Å²) in [5.74, 6) is 0.241. The SMILES string of the molecule is CCCCCc1c(O)cccc1C=O. The Morgan fingerprint density at radius 1 is 1.36 bits per heavy atom. The van der Waals surface area contributed by atoms with Crippen LogP contribution in [0, 0.1) is 0 Å². The van der Waals surface area contributed by atoms with Gasteiger partial charge in [-0.25, -0.2) is 0 Å². The summed E-state index contributed by atoms with van der Waals surface area (Å²) in [6, 6.07) is 5.07. The van der Waals surface area contributed by atoms with Crippen LogP contribution < -0.4 is 0 Å². The number of hydrogen-bond donors (Lipinski definition) is 1. The molecule has 0 radical (unpaired) electrons. The molecule has 0 spiro atoms. The van der Waals surface area contributed by atoms with Crippen molar-refractivity contribution in [1.29, 1.82) is 0 Å². The van der Waals surface area contributed by atoms with Crippen LogP contribution in [0.5, 0.6) is 5.75 Å². The van der Waals surface area contributed by atoms with E-state index < -0.39 is 0 Å². The number of rotatable bonds is 5. The van der Waals surface area contributed by atoms with E-state index >= 15 is 0 Å². The maximum atomic E-state index is 10.7. The molecule has 1 aromatic rings. The third kappa shape index (κ3) is 2.59. The fraction of sp³-hybridized carbons (Fsp3) is 0.417. The van der Waals surface area contributed by atoms with Gasteiger partial charge >= 0.3 is 0 Å². The molecule has 0 saturated heterocycles. The van der Waals surface area contributed by atoms with E-state index in [1.807, 2.05) is 0 Å². The van der Waals surface area contributed by atoms with Crippen molar-refractivity contribution >= 4 is 6.29 Å². The first-order valence-electron chi connectivity index (χ1n) is 5.05. The zero-order valence-corrected chi connectivity index (χ0v) is 8.49. The van der Waals surface area contributed by atoms with Gasteiger partial charge in [0.15, 0.2) is 0 Å². The molecular formula is C12H16O2. The number of aromatic hydroxyl groups is 1. The van der Waals surface area contributed by atoms with Crippen LogP contribution in [0.2, 0.25) is 0 Å². The first-order valence-corrected chi connectivity index (χ1v) is 5.05. The van der Waals surface area contributed by atoms with Gasteiger partial charge in [0, 0.05) is 11.1 Å². The zero-order valence-electron chi connectivity index (χ0n) is 8.49. The van der Waals surface area contributed by atoms with Crippen LogP contribution in [0.3, 0.4) is 0 Å². The van der Waals surface area contributed by atoms with Crippen molar-refractivity contribution in [3.8, 4) is 5.75 Å². The Morgan fingerprint density at radius 2 is 2.14 bits per heavy atom. The number of phenols is 1. The molecule has 0 aliphatic heterocycles. The van der Waals surface area contributed by atoms with E-state index in [0.717, 1.165) is 37.5 Å². The van der Waals surface area contributed by atoms with Gasteiger partial charge in [-0.3, -0.25) is 4.79 Å². The second kappa shape index (κ2) is 5.43. The van der Waals surface area contributed by atoms with E-state index in [4.69, 9.17) is 0 Å². The Bertz CT molecular complexity index is 305. The highest BCUT2D eigenvalue weighted by atomic mass is 16.3. The van der Waals surface area contributed by atoms with E-state index in [1.54, 1.807) is 18.2 Å². The lowest BCUT2D eigenvalue weighted by Gasteiger charge is -2.06. The molecule has 2 nitrogen and oxygen atoms in total. The Labute approximate surface area is 84.6 Å². The third-order valence-electron chi connectivity index (χ3n) is 2.34. The van der Waals surface area contributed by atoms with Crippen molar-refractivity contribution in [2.24, 2.45) is 0 Å². The van der Waals surface area contributed by atoms with Gasteiger partial charge in [0.1, 0.15) is 12.0 Å². The van der Waals surface area contributed by atoms with Gasteiger partial charge in [-0.05, 0) is 18.9 Å². The molecule has 0 fully saturated rings. The van der Waals surface area contributed by atoms with Crippen LogP contribution in [0.1, 0.15) is 42.1 Å². The number of unbranched alkanes of at least 4 members (excludes halogenated alkanes) is 2. The topological polar surface area (TPSA) is 37.3 Å². The van der Waals surface area contributed by atoms with E-state index in [-0.39, 0.29) is 5.75 Å². The minimum absolute atomic E-state index is 0.241. The third-order valence-corrected chi connectivity index (χ3v) is 2.34. The normalized spacial score (nSPS) is 10.1. The maximum Gasteiger partial charge on any atom is 0.150 e. The molecule has 0 unspecified atom stereocenters. The molecule has 1 N–H and O–H groups in total. The predicted molar refractivity (Wildman–Crippen MR) is 56.7 cm³/mol. The van der Waals surface area contributed by atoms with Crippen molar-refractivity contribution in [2.75, 3.05) is 0 Å². The summed E-state index contributed by atoms with van der Waals surface area (Å²) in [6.07, 6.45) is 4.89. The van der Waals surface area contributed by atoms with Crippen molar-refractivity contribution < 1.29 is 9.90 Å². The van der Waals surface area contributed by atoms with E-state index in [2.05, 4.69) is 6.92 Å². The molecular weight excluding hydrogens is 176 g/mol. The first-order chi connectivity index (χ1) is 6.79. The molecule has 0 atom stereocenters. The van der Waals surface area contributed by atoms with Gasteiger partial charge < -0.3 is 5.11 Å². The Morgan fingerprint density at radius 3 is 2.79 bits per heavy atom. The smallest absolute Gasteiger partial charge is 0.150 e. The number of benzene rings is 1. The summed E-state index contributed by atoms with van der Waals surface area (Å²) < 4.78 is 0. The highest BCUT2D eigenvalue weighted by Gasteiger charge is 2.05. The lowest BCUT2D eigenvalue weighted by molar-refractivity contribution is 0.112. The molecule has 14 heavy (non-hydrogen) atoms. The number of hydrogen-bond acceptors (Lipinski definition) is 2. The summed E-state index contributed by atoms with van der Waals surface area (Å²) in [7, 11) is 0. The lowest BCUT2D eigenvalue weighted by atomic mass is 10.0. The Kier molecular flexibility index (Phi) is 4.17. The van der Waals surface area contributed by atoms with Crippen molar-refractivity contribution in [1.82, 2.24) is 0 Å². The minimum atomic E-state index is 0.241. The van der Waals surface area contributed by atoms with E-state index in [1.165, 1.54) is 0 Å². The van der Waals surface area contributed by atoms with Crippen LogP contribution in [0.25, 0.3) is 0 Å². The summed E-state index contributed by atoms with van der Waals surface area (Å²) >= 11 is 0. The molecule has 0 aliphatic carbocycles. The monoisotopic (exact) mass is 192 g/mol. The van der Waals surface area contributed by atoms with Crippen LogP contribution in [0.4, 0.5) is 0 Å². The molecule has 1 rings (SSSR count). The number of phenolic OH excluding ortho intramolecular Hbond substituents is 1. The average Bonchev–Trinajstić information content (AvgIpc) is 2.20. The van der Waals surface area contributed by atoms with Crippen molar-refractivity contribution in [2.45, 2.75) is 32.6 Å². The maximum absolute atomic E-state index is 10.7. The fourth-order valence-corrected chi connectivity index (χ4v) is 1.53. The van der Waals surface area contributed by atoms with Crippen LogP contribution in [-0.2, 0) is 6.42 Å². The molecule has 0 saturated carbocycles. The second-order valence-electron chi connectivity index (χ2n) is 3.42. The molecule has 0 bridgehead atoms. The Balaban J connectivity index is 2.77. The summed E-state index contributed by atoms with van der Waals surface area (Å²) in [5, 5.41) is 9.56. The highest BCUT2D eigenvalue weighted by molar-refractivity contribution is 5.78. The van der Waals surface area contributed by atoms with Crippen LogP contribution in [-0.4, -0.2) is 11.4 Å². The van der Waals surface area contributed by atoms with Gasteiger partial charge in [-0.2, -0.15) is 0 Å². The molecule has 0 heterocycles. The summed E-state index contributed by atoms with van der Waals surface area (Å²) in [5.41, 5.74) is 1.40. The molecule has 76 valence electrons. The van der Waals surface area contributed by atoms with Crippen molar-refractivity contribution in [3.05, 3.63) is 29.3 Å². The van der Waals surface area contributed by atoms with Gasteiger partial charge in [0.25, 0.3) is 0 Å². The number of aldehydes is 1. The van der Waals surface area contributed by atoms with Gasteiger partial charge in [0.2, 0.25) is 0 Å². The van der Waals surface area contributed by atoms with E-state index in [9.17, 15) is 9.90 Å². The predicted octanol–water partition coefficient (Wildman–Crippen LogP) is 2.94. The van der Waals surface area contributed by atoms with E-state index in [0.29, 0.717) is 5.56 Å². The summed E-state index contributed by atoms with van der Waals surface area (Å²) in [6.45, 7) is 2.13. The van der Waals surface area contributed by atoms with Crippen molar-refractivity contribution in [3.63, 3.8) is 0 Å². The van der Waals surface area contributed by atoms with Gasteiger partial charge in [-0.15, -0.1) is 0 Å². The quantitative estimate of drug-likeness (QED) is 0.575. The molecule has 0 amide bonds. The minimum Gasteiger partial charge on any atom is -0.508 e. The second-order valence-corrected chi connectivity index (χ2v) is 3.42. The first kappa shape index (κ1) is 10.8. The fourth-order valence-electron chi connectivity index (χ4n) is 1.53. The average molecular weight is 192 g/mol. The molecule has 0 aromatic heterocycles. The summed E-state index contributed by atoms with van der Waals surface area (Å²) in [4.78, 5) is 10.7. The largest absolute Gasteiger partial charge is 0.508 e. The molecule has 2 heteroatoms. The lowest BCUT2D eigenvalue weighted by Crippen LogP contribution is -1.93. The molecule has 1 aromatic carbocycles. The Hall–Kier alpha value is -1.31. The number of carbonyl (C=O) groups excluding carboxylic acids is 1. The standard InChI is InChI=1S/C12H16O2/c1-2-3-4-7-11-10(9-13)6-5-8-12(11)14/h5-6,8-9,14H,2-4,7H2,1H3. The van der Waals surface area contributed by atoms with Crippen LogP contribution >= 0.6 is 0 Å². The molecule has 0 aliphatic rings. The number of carbonyl (C=O) groups is 1. The van der Waals surface area contributed by atoms with Gasteiger partial charge in [-0.1, -0.05) is 31.9 Å². The zero-order chi connectivity index (χ0) is 10.4. The van der Waals surface area contributed by atoms with Crippen LogP contribution in [0.15, 0.2) is 18.2 Å². The van der Waals surface area contributed by atoms with Gasteiger partial charge in [0.05, 0.1) is 0 Å². The highest BCUT2D eigenvalue weighted by Crippen LogP contribution is 2.22.